The Balaban J connectivity index is 3.02. The zero-order valence-electron chi connectivity index (χ0n) is 10.7. The maximum Gasteiger partial charge on any atom is 0.412 e. The van der Waals surface area contributed by atoms with E-state index in [1.54, 1.807) is 6.07 Å². The summed E-state index contributed by atoms with van der Waals surface area (Å²) in [6.07, 6.45) is 0. The minimum atomic E-state index is -3.32. The molecule has 10 heteroatoms. The van der Waals surface area contributed by atoms with E-state index in [9.17, 15) is 9.36 Å². The summed E-state index contributed by atoms with van der Waals surface area (Å²) in [4.78, 5) is 12.7. The van der Waals surface area contributed by atoms with E-state index < -0.39 is 11.7 Å². The van der Waals surface area contributed by atoms with E-state index in [1.807, 2.05) is 6.92 Å². The van der Waals surface area contributed by atoms with E-state index in [1.165, 1.54) is 32.7 Å². The van der Waals surface area contributed by atoms with Crippen molar-refractivity contribution in [1.29, 1.82) is 0 Å². The van der Waals surface area contributed by atoms with Crippen LogP contribution in [0.15, 0.2) is 6.07 Å². The Morgan fingerprint density at radius 2 is 1.84 bits per heavy atom. The summed E-state index contributed by atoms with van der Waals surface area (Å²) >= 11 is 2.52. The van der Waals surface area contributed by atoms with E-state index >= 15 is 0 Å². The number of methoxy groups -OCH3 is 1. The molecular weight excluding hydrogens is 331 g/mol. The molecule has 1 aromatic heterocycles. The highest BCUT2D eigenvalue weighted by Gasteiger charge is 2.32. The summed E-state index contributed by atoms with van der Waals surface area (Å²) in [5, 5.41) is 0. The fraction of sp³-hybridized carbons (Fsp3) is 0.444. The van der Waals surface area contributed by atoms with Crippen LogP contribution in [0.4, 0.5) is 0 Å². The van der Waals surface area contributed by atoms with Gasteiger partial charge in [-0.25, -0.2) is 9.36 Å². The minimum Gasteiger partial charge on any atom is -0.465 e. The van der Waals surface area contributed by atoms with Crippen molar-refractivity contribution in [3.63, 3.8) is 0 Å². The molecule has 0 aliphatic rings. The molecule has 108 valence electrons. The van der Waals surface area contributed by atoms with Crippen molar-refractivity contribution in [2.24, 2.45) is 0 Å². The normalized spacial score (nSPS) is 11.4. The zero-order valence-corrected chi connectivity index (χ0v) is 14.0. The molecule has 0 atom stereocenters. The molecule has 0 saturated heterocycles. The van der Waals surface area contributed by atoms with Gasteiger partial charge in [-0.3, -0.25) is 0 Å². The lowest BCUT2D eigenvalue weighted by atomic mass is 10.4. The van der Waals surface area contributed by atoms with Gasteiger partial charge >= 0.3 is 11.7 Å². The van der Waals surface area contributed by atoms with Crippen LogP contribution in [0.1, 0.15) is 14.5 Å². The number of rotatable bonds is 7. The number of carbonyl (C=O) groups excluding carboxylic acids is 1. The molecule has 0 saturated carbocycles. The topological polar surface area (TPSA) is 71.1 Å². The van der Waals surface area contributed by atoms with Gasteiger partial charge in [0.05, 0.1) is 21.3 Å². The summed E-state index contributed by atoms with van der Waals surface area (Å²) in [7, 11) is 4.02. The lowest BCUT2D eigenvalue weighted by molar-refractivity contribution is 0.0604. The standard InChI is InChI=1S/C9H13O6PS3/c1-6-5-7(8(17-6)9(10)12-2)15-16(11,18-13-3)19-14-4/h5H,1-4H3. The lowest BCUT2D eigenvalue weighted by Gasteiger charge is -2.14. The molecule has 1 heterocycles. The number of thiophene rings is 1. The lowest BCUT2D eigenvalue weighted by Crippen LogP contribution is -2.00. The minimum absolute atomic E-state index is 0.201. The Hall–Kier alpha value is -0.180. The second kappa shape index (κ2) is 7.56. The quantitative estimate of drug-likeness (QED) is 0.419. The highest BCUT2D eigenvalue weighted by molar-refractivity contribution is 8.87. The molecule has 0 aliphatic carbocycles. The average molecular weight is 344 g/mol. The van der Waals surface area contributed by atoms with Crippen LogP contribution in [-0.2, 0) is 17.7 Å². The number of ether oxygens (including phenoxy) is 1. The van der Waals surface area contributed by atoms with Crippen LogP contribution in [-0.4, -0.2) is 27.3 Å². The maximum atomic E-state index is 12.4. The molecule has 0 spiro atoms. The van der Waals surface area contributed by atoms with Gasteiger partial charge in [0.25, 0.3) is 0 Å². The number of hydrogen-bond donors (Lipinski definition) is 0. The molecular formula is C9H13O6PS3. The predicted octanol–water partition coefficient (Wildman–Crippen LogP) is 3.92. The first-order valence-electron chi connectivity index (χ1n) is 4.89. The third-order valence-electron chi connectivity index (χ3n) is 1.73. The summed E-state index contributed by atoms with van der Waals surface area (Å²) in [6.45, 7) is 1.81. The van der Waals surface area contributed by atoms with Gasteiger partial charge in [-0.15, -0.1) is 11.3 Å². The fourth-order valence-electron chi connectivity index (χ4n) is 1.14. The van der Waals surface area contributed by atoms with Gasteiger partial charge < -0.3 is 17.6 Å². The first kappa shape index (κ1) is 16.9. The Labute approximate surface area is 123 Å². The molecule has 1 aromatic rings. The molecule has 19 heavy (non-hydrogen) atoms. The van der Waals surface area contributed by atoms with Crippen molar-refractivity contribution in [2.45, 2.75) is 6.92 Å². The first-order chi connectivity index (χ1) is 8.95. The molecule has 0 radical (unpaired) electrons. The second-order valence-electron chi connectivity index (χ2n) is 3.06. The number of hydrogen-bond acceptors (Lipinski definition) is 9. The van der Waals surface area contributed by atoms with E-state index in [2.05, 4.69) is 4.74 Å². The van der Waals surface area contributed by atoms with Gasteiger partial charge in [-0.2, -0.15) is 0 Å². The van der Waals surface area contributed by atoms with Crippen LogP contribution in [0.25, 0.3) is 0 Å². The summed E-state index contributed by atoms with van der Waals surface area (Å²) < 4.78 is 32.0. The van der Waals surface area contributed by atoms with Gasteiger partial charge in [-0.05, 0) is 13.0 Å². The van der Waals surface area contributed by atoms with Crippen LogP contribution in [0.3, 0.4) is 0 Å². The number of esters is 1. The fourth-order valence-corrected chi connectivity index (χ4v) is 6.05. The molecule has 6 nitrogen and oxygen atoms in total. The van der Waals surface area contributed by atoms with Gasteiger partial charge in [0, 0.05) is 4.88 Å². The molecule has 0 aromatic carbocycles. The smallest absolute Gasteiger partial charge is 0.412 e. The monoisotopic (exact) mass is 344 g/mol. The van der Waals surface area contributed by atoms with E-state index in [0.29, 0.717) is 23.3 Å². The number of aryl methyl sites for hydroxylation is 1. The van der Waals surface area contributed by atoms with Crippen molar-refractivity contribution in [3.8, 4) is 5.75 Å². The van der Waals surface area contributed by atoms with Crippen LogP contribution in [0.2, 0.25) is 0 Å². The van der Waals surface area contributed by atoms with Crippen LogP contribution in [0, 0.1) is 6.92 Å². The van der Waals surface area contributed by atoms with Crippen LogP contribution < -0.4 is 4.52 Å². The van der Waals surface area contributed by atoms with Crippen molar-refractivity contribution in [3.05, 3.63) is 15.8 Å². The van der Waals surface area contributed by atoms with Gasteiger partial charge in [0.15, 0.2) is 10.6 Å². The Morgan fingerprint density at radius 3 is 2.32 bits per heavy atom. The van der Waals surface area contributed by atoms with Crippen molar-refractivity contribution in [2.75, 3.05) is 21.3 Å². The predicted molar refractivity (Wildman–Crippen MR) is 77.8 cm³/mol. The molecule has 0 aliphatic heterocycles. The van der Waals surface area contributed by atoms with Crippen LogP contribution >= 0.6 is 40.4 Å². The Bertz CT molecular complexity index is 478. The average Bonchev–Trinajstić information content (AvgIpc) is 2.69. The molecule has 0 unspecified atom stereocenters. The third kappa shape index (κ3) is 4.70. The molecule has 1 rings (SSSR count). The molecule has 0 fully saturated rings. The third-order valence-corrected chi connectivity index (χ3v) is 7.36. The van der Waals surface area contributed by atoms with Crippen LogP contribution in [0.5, 0.6) is 5.75 Å². The highest BCUT2D eigenvalue weighted by Crippen LogP contribution is 2.69. The maximum absolute atomic E-state index is 12.4. The van der Waals surface area contributed by atoms with E-state index in [4.69, 9.17) is 12.9 Å². The van der Waals surface area contributed by atoms with Crippen molar-refractivity contribution in [1.82, 2.24) is 0 Å². The SMILES string of the molecule is COSP(=O)(Oc1cc(C)sc1C(=O)OC)SOC. The Kier molecular flexibility index (Phi) is 6.72. The first-order valence-corrected chi connectivity index (χ1v) is 10.0. The summed E-state index contributed by atoms with van der Waals surface area (Å²) in [5.74, 6) is -3.65. The summed E-state index contributed by atoms with van der Waals surface area (Å²) in [6, 6.07) is 1.62. The largest absolute Gasteiger partial charge is 0.465 e. The van der Waals surface area contributed by atoms with Gasteiger partial charge in [0.2, 0.25) is 0 Å². The van der Waals surface area contributed by atoms with Crippen molar-refractivity contribution < 1.29 is 27.0 Å². The second-order valence-corrected chi connectivity index (χ2v) is 10.8. The molecule has 0 bridgehead atoms. The molecule has 0 N–H and O–H groups in total. The van der Waals surface area contributed by atoms with E-state index in [0.717, 1.165) is 4.88 Å². The van der Waals surface area contributed by atoms with Crippen molar-refractivity contribution >= 4 is 46.4 Å². The van der Waals surface area contributed by atoms with E-state index in [-0.39, 0.29) is 10.6 Å². The Morgan fingerprint density at radius 1 is 1.26 bits per heavy atom. The summed E-state index contributed by atoms with van der Waals surface area (Å²) in [5.41, 5.74) is 0. The van der Waals surface area contributed by atoms with Gasteiger partial charge in [0.1, 0.15) is 23.3 Å². The highest BCUT2D eigenvalue weighted by atomic mass is 33.1. The molecule has 0 amide bonds. The number of carbonyl (C=O) groups is 1. The van der Waals surface area contributed by atoms with Gasteiger partial charge in [-0.1, -0.05) is 0 Å². The zero-order chi connectivity index (χ0) is 14.5.